The first-order valence-electron chi connectivity index (χ1n) is 20.8. The SMILES string of the molecule is CC=O.[CH2-]C(CCCCCC)CCCCCCC.[CH2-]CCCCNCCCCCCC(CCCCCC)CCCCCCCC.[Cf]. The van der Waals surface area contributed by atoms with Gasteiger partial charge in [-0.3, -0.25) is 0 Å². The standard InChI is InChI=1S/C26H54N.C15H31.C2H4O.Cf/c1-4-7-10-12-13-17-22-26(21-16-11-8-5-2)23-18-14-15-20-25-27-24-19-9-6-3;1-4-6-8-10-12-14-15(3)13-11-9-7-5-2;1-2-3;/h26-27H,3-25H2,1-2H3;15H,3-14H2,1-2H3;2H,1H3;/q2*-1;;. The van der Waals surface area contributed by atoms with Crippen molar-refractivity contribution in [2.75, 3.05) is 13.1 Å². The van der Waals surface area contributed by atoms with Crippen molar-refractivity contribution in [3.05, 3.63) is 13.8 Å². The van der Waals surface area contributed by atoms with Crippen LogP contribution in [0.25, 0.3) is 0 Å². The van der Waals surface area contributed by atoms with Crippen LogP contribution in [0.15, 0.2) is 0 Å². The maximum absolute atomic E-state index is 8.81. The van der Waals surface area contributed by atoms with Crippen LogP contribution in [0.3, 0.4) is 0 Å². The first-order chi connectivity index (χ1) is 22.1. The van der Waals surface area contributed by atoms with Gasteiger partial charge in [0.2, 0.25) is 0 Å². The molecule has 0 aliphatic carbocycles. The Bertz CT molecular complexity index is 485. The monoisotopic (exact) mass is 885 g/mol. The van der Waals surface area contributed by atoms with Crippen molar-refractivity contribution < 1.29 is 4.79 Å². The van der Waals surface area contributed by atoms with Crippen LogP contribution in [-0.4, -0.2) is 19.4 Å². The van der Waals surface area contributed by atoms with E-state index in [-0.39, 0.29) is 0 Å². The Balaban J connectivity index is -0.000000392. The first-order valence-corrected chi connectivity index (χ1v) is 20.8. The molecule has 0 spiro atoms. The predicted molar refractivity (Wildman–Crippen MR) is 208 cm³/mol. The Hall–Kier alpha value is -1.37. The molecular weight excluding hydrogens is 797 g/mol. The van der Waals surface area contributed by atoms with Gasteiger partial charge in [-0.15, -0.1) is 0 Å². The molecule has 1 N–H and O–H groups in total. The third-order valence-electron chi connectivity index (χ3n) is 9.18. The smallest absolute Gasteiger partial charge is 0.116 e. The van der Waals surface area contributed by atoms with Crippen molar-refractivity contribution in [1.82, 2.24) is 5.32 Å². The third kappa shape index (κ3) is 52.2. The minimum absolute atomic E-state index is 0. The molecule has 0 saturated heterocycles. The van der Waals surface area contributed by atoms with Crippen LogP contribution in [0.5, 0.6) is 0 Å². The van der Waals surface area contributed by atoms with Crippen LogP contribution in [0.1, 0.15) is 234 Å². The first kappa shape index (κ1) is 51.5. The number of aldehydes is 1. The van der Waals surface area contributed by atoms with Gasteiger partial charge in [-0.2, -0.15) is 12.3 Å². The quantitative estimate of drug-likeness (QED) is 0.0396. The number of hydrogen-bond donors (Lipinski definition) is 1. The molecule has 0 aliphatic rings. The van der Waals surface area contributed by atoms with E-state index in [2.05, 4.69) is 46.9 Å². The Morgan fingerprint density at radius 3 is 1.13 bits per heavy atom. The average molecular weight is 887 g/mol. The summed E-state index contributed by atoms with van der Waals surface area (Å²) in [6, 6.07) is 0. The van der Waals surface area contributed by atoms with Crippen LogP contribution >= 0.6 is 0 Å². The molecule has 0 aromatic carbocycles. The van der Waals surface area contributed by atoms with E-state index in [0.29, 0.717) is 0 Å². The van der Waals surface area contributed by atoms with E-state index in [1.807, 2.05) is 0 Å². The topological polar surface area (TPSA) is 29.1 Å². The van der Waals surface area contributed by atoms with Gasteiger partial charge in [-0.05, 0) is 38.8 Å². The summed E-state index contributed by atoms with van der Waals surface area (Å²) in [5, 5.41) is 3.58. The Labute approximate surface area is 288 Å². The number of carbonyl (C=O) groups is 1. The summed E-state index contributed by atoms with van der Waals surface area (Å²) in [5.74, 6) is 1.75. The molecule has 0 radical (unpaired) electrons. The Kier molecular flexibility index (Phi) is 56.5. The fourth-order valence-electron chi connectivity index (χ4n) is 6.14. The van der Waals surface area contributed by atoms with Gasteiger partial charge in [0, 0.05) is 0 Å². The van der Waals surface area contributed by atoms with E-state index in [9.17, 15) is 0 Å². The maximum atomic E-state index is 8.81. The fraction of sp³-hybridized carbons (Fsp3) is 0.930. The molecule has 0 heterocycles. The van der Waals surface area contributed by atoms with Crippen molar-refractivity contribution >= 4 is 6.29 Å². The van der Waals surface area contributed by atoms with Crippen molar-refractivity contribution in [2.45, 2.75) is 234 Å². The largest absolute Gasteiger partial charge is 0.343 e. The number of unbranched alkanes of at least 4 members (excludes halogenated alkanes) is 20. The van der Waals surface area contributed by atoms with Crippen LogP contribution < -0.4 is 5.32 Å². The van der Waals surface area contributed by atoms with Gasteiger partial charge in [0.25, 0.3) is 0 Å². The molecule has 2 unspecified atom stereocenters. The van der Waals surface area contributed by atoms with Gasteiger partial charge in [0.15, 0.2) is 0 Å². The van der Waals surface area contributed by atoms with Gasteiger partial charge < -0.3 is 24.0 Å². The maximum Gasteiger partial charge on any atom is 0.116 e. The summed E-state index contributed by atoms with van der Waals surface area (Å²) in [5.41, 5.74) is 0. The van der Waals surface area contributed by atoms with Gasteiger partial charge in [-0.25, -0.2) is 0 Å². The molecule has 2 nitrogen and oxygen atoms in total. The zero-order valence-corrected chi connectivity index (χ0v) is 35.3. The van der Waals surface area contributed by atoms with Crippen molar-refractivity contribution in [2.24, 2.45) is 11.8 Å². The zero-order chi connectivity index (χ0) is 33.9. The number of hydrogen-bond acceptors (Lipinski definition) is 2. The fourth-order valence-corrected chi connectivity index (χ4v) is 6.14. The summed E-state index contributed by atoms with van der Waals surface area (Å²) in [4.78, 5) is 8.81. The molecule has 3 heteroatoms. The summed E-state index contributed by atoms with van der Waals surface area (Å²) in [6.45, 7) is 21.2. The van der Waals surface area contributed by atoms with Crippen LogP contribution in [0, 0.1) is 25.7 Å². The van der Waals surface area contributed by atoms with Gasteiger partial charge in [0.1, 0.15) is 6.29 Å². The summed E-state index contributed by atoms with van der Waals surface area (Å²) < 4.78 is 0. The summed E-state index contributed by atoms with van der Waals surface area (Å²) >= 11 is 0. The average Bonchev–Trinajstić information content (AvgIpc) is 3.04. The van der Waals surface area contributed by atoms with Gasteiger partial charge in [0.05, 0.1) is 0 Å². The molecule has 0 amide bonds. The molecule has 0 bridgehead atoms. The molecule has 0 aromatic rings. The van der Waals surface area contributed by atoms with E-state index in [0.717, 1.165) is 24.5 Å². The third-order valence-corrected chi connectivity index (χ3v) is 9.18. The molecule has 0 rings (SSSR count). The molecule has 284 valence electrons. The van der Waals surface area contributed by atoms with E-state index in [4.69, 9.17) is 4.79 Å². The van der Waals surface area contributed by atoms with E-state index >= 15 is 0 Å². The van der Waals surface area contributed by atoms with Crippen molar-refractivity contribution in [3.8, 4) is 0 Å². The number of rotatable bonds is 34. The van der Waals surface area contributed by atoms with E-state index < -0.39 is 0 Å². The van der Waals surface area contributed by atoms with E-state index in [1.165, 1.54) is 213 Å². The molecule has 0 saturated carbocycles. The van der Waals surface area contributed by atoms with Crippen molar-refractivity contribution in [3.63, 3.8) is 0 Å². The zero-order valence-electron chi connectivity index (χ0n) is 32.7. The molecule has 46 heavy (non-hydrogen) atoms. The summed E-state index contributed by atoms with van der Waals surface area (Å²) in [7, 11) is 0. The number of nitrogens with one attached hydrogen (secondary N) is 1. The molecule has 0 aromatic heterocycles. The number of carbonyl (C=O) groups excluding carboxylic acids is 1. The second-order valence-corrected chi connectivity index (χ2v) is 13.9. The predicted octanol–water partition coefficient (Wildman–Crippen LogP) is 14.8. The molecule has 2 atom stereocenters. The van der Waals surface area contributed by atoms with Gasteiger partial charge >= 0.3 is 0 Å². The molecule has 0 aliphatic heterocycles. The second-order valence-electron chi connectivity index (χ2n) is 13.9. The van der Waals surface area contributed by atoms with Crippen LogP contribution in [-0.2, 0) is 4.79 Å². The Morgan fingerprint density at radius 2 is 0.761 bits per heavy atom. The van der Waals surface area contributed by atoms with Crippen LogP contribution in [0.2, 0.25) is 0 Å². The van der Waals surface area contributed by atoms with Crippen LogP contribution in [0.4, 0.5) is 0 Å². The molecule has 0 fully saturated rings. The normalized spacial score (nSPS) is 11.9. The summed E-state index contributed by atoms with van der Waals surface area (Å²) in [6.07, 6.45) is 44.3. The van der Waals surface area contributed by atoms with Gasteiger partial charge in [-0.1, -0.05) is 207 Å². The molecular formula is C43H89CfNO-2. The second kappa shape index (κ2) is 50.5. The van der Waals surface area contributed by atoms with Crippen molar-refractivity contribution in [1.29, 1.82) is 0 Å². The minimum Gasteiger partial charge on any atom is -0.343 e. The minimum atomic E-state index is 0. The van der Waals surface area contributed by atoms with E-state index in [1.54, 1.807) is 0 Å². The Morgan fingerprint density at radius 1 is 0.478 bits per heavy atom.